The van der Waals surface area contributed by atoms with Crippen LogP contribution in [-0.2, 0) is 16.5 Å². The van der Waals surface area contributed by atoms with Gasteiger partial charge in [-0.25, -0.2) is 0 Å². The molecule has 94 valence electrons. The van der Waals surface area contributed by atoms with Crippen LogP contribution >= 0.6 is 0 Å². The number of rotatable bonds is 3. The van der Waals surface area contributed by atoms with Crippen LogP contribution in [0, 0.1) is 0 Å². The first-order valence-corrected chi connectivity index (χ1v) is 5.13. The summed E-state index contributed by atoms with van der Waals surface area (Å²) >= 11 is 0. The molecule has 0 aliphatic carbocycles. The minimum atomic E-state index is -0.0189. The van der Waals surface area contributed by atoms with Gasteiger partial charge < -0.3 is 15.2 Å². The molecule has 0 aromatic heterocycles. The summed E-state index contributed by atoms with van der Waals surface area (Å²) < 4.78 is 0. The van der Waals surface area contributed by atoms with Crippen LogP contribution in [0.2, 0.25) is 0 Å². The van der Waals surface area contributed by atoms with E-state index >= 15 is 0 Å². The van der Waals surface area contributed by atoms with Gasteiger partial charge in [-0.1, -0.05) is 26.6 Å². The predicted octanol–water partition coefficient (Wildman–Crippen LogP) is 2.52. The fraction of sp³-hybridized carbons (Fsp3) is 0.909. The summed E-state index contributed by atoms with van der Waals surface area (Å²) in [6.45, 7) is 11.2. The number of likely N-dealkylation sites (N-methyl/N-ethyl adjacent to an activating group) is 1. The maximum Gasteiger partial charge on any atom is 0.00539 e. The summed E-state index contributed by atoms with van der Waals surface area (Å²) in [5.41, 5.74) is -0.0189. The number of amidine groups is 1. The summed E-state index contributed by atoms with van der Waals surface area (Å²) in [4.78, 5) is 6.63. The van der Waals surface area contributed by atoms with E-state index in [1.54, 1.807) is 0 Å². The quantitative estimate of drug-likeness (QED) is 0.434. The molecule has 0 rings (SSSR count). The number of hydrogen-bond acceptors (Lipinski definition) is 2. The third kappa shape index (κ3) is 10.2. The third-order valence-electron chi connectivity index (χ3n) is 1.96. The number of aliphatic imine (C=N–C) groups is 1. The SMILES string of the molecule is CC(=NC(C)(C)C)[N-]CC(C)N(C)C.[Ni]. The first-order valence-electron chi connectivity index (χ1n) is 5.13. The van der Waals surface area contributed by atoms with Crippen molar-refractivity contribution in [2.45, 2.75) is 46.2 Å². The van der Waals surface area contributed by atoms with Crippen LogP contribution in [0.5, 0.6) is 0 Å². The standard InChI is InChI=1S/C11H24N3.Ni/c1-9(14(6)7)8-12-10(2)13-11(3,4)5;/h9H,8H2,1-7H3;/q-1;. The minimum Gasteiger partial charge on any atom is -0.468 e. The van der Waals surface area contributed by atoms with Crippen molar-refractivity contribution in [3.8, 4) is 0 Å². The molecule has 0 aliphatic rings. The van der Waals surface area contributed by atoms with E-state index < -0.39 is 0 Å². The van der Waals surface area contributed by atoms with Crippen LogP contribution < -0.4 is 0 Å². The first-order chi connectivity index (χ1) is 6.22. The molecule has 0 saturated heterocycles. The van der Waals surface area contributed by atoms with Gasteiger partial charge in [0.25, 0.3) is 0 Å². The average Bonchev–Trinajstić information content (AvgIpc) is 1.96. The van der Waals surface area contributed by atoms with Gasteiger partial charge in [-0.2, -0.15) is 0 Å². The van der Waals surface area contributed by atoms with Gasteiger partial charge >= 0.3 is 0 Å². The van der Waals surface area contributed by atoms with Crippen molar-refractivity contribution in [1.82, 2.24) is 4.90 Å². The van der Waals surface area contributed by atoms with Crippen molar-refractivity contribution in [3.63, 3.8) is 0 Å². The molecule has 0 saturated carbocycles. The molecule has 0 heterocycles. The topological polar surface area (TPSA) is 29.7 Å². The molecule has 15 heavy (non-hydrogen) atoms. The normalized spacial score (nSPS) is 14.8. The van der Waals surface area contributed by atoms with Crippen LogP contribution in [0.1, 0.15) is 34.6 Å². The molecule has 0 spiro atoms. The third-order valence-corrected chi connectivity index (χ3v) is 1.96. The molecule has 0 radical (unpaired) electrons. The van der Waals surface area contributed by atoms with Crippen LogP contribution in [0.3, 0.4) is 0 Å². The second kappa shape index (κ2) is 7.24. The van der Waals surface area contributed by atoms with Crippen LogP contribution in [-0.4, -0.2) is 43.0 Å². The van der Waals surface area contributed by atoms with E-state index in [1.807, 2.05) is 6.92 Å². The van der Waals surface area contributed by atoms with Gasteiger partial charge in [0.15, 0.2) is 0 Å². The van der Waals surface area contributed by atoms with Gasteiger partial charge in [0.2, 0.25) is 0 Å². The second-order valence-electron chi connectivity index (χ2n) is 4.98. The van der Waals surface area contributed by atoms with Crippen molar-refractivity contribution < 1.29 is 16.5 Å². The Morgan fingerprint density at radius 3 is 2.13 bits per heavy atom. The molecule has 0 N–H and O–H groups in total. The predicted molar refractivity (Wildman–Crippen MR) is 64.2 cm³/mol. The summed E-state index contributed by atoms with van der Waals surface area (Å²) in [7, 11) is 4.13. The van der Waals surface area contributed by atoms with Gasteiger partial charge in [-0.3, -0.25) is 0 Å². The van der Waals surface area contributed by atoms with Crippen LogP contribution in [0.25, 0.3) is 5.32 Å². The summed E-state index contributed by atoms with van der Waals surface area (Å²) in [6, 6.07) is 0.472. The fourth-order valence-corrected chi connectivity index (χ4v) is 0.948. The van der Waals surface area contributed by atoms with E-state index in [0.29, 0.717) is 6.04 Å². The summed E-state index contributed by atoms with van der Waals surface area (Å²) in [6.07, 6.45) is 0. The molecule has 1 unspecified atom stereocenters. The van der Waals surface area contributed by atoms with Gasteiger partial charge in [-0.15, -0.1) is 0 Å². The second-order valence-corrected chi connectivity index (χ2v) is 4.98. The Balaban J connectivity index is 0. The molecule has 0 bridgehead atoms. The van der Waals surface area contributed by atoms with E-state index in [2.05, 4.69) is 57.0 Å². The summed E-state index contributed by atoms with van der Waals surface area (Å²) in [5.74, 6) is 0.895. The zero-order valence-electron chi connectivity index (χ0n) is 10.9. The Hall–Kier alpha value is -0.0765. The molecule has 3 nitrogen and oxygen atoms in total. The van der Waals surface area contributed by atoms with Gasteiger partial charge in [0, 0.05) is 22.5 Å². The van der Waals surface area contributed by atoms with Crippen molar-refractivity contribution in [2.75, 3.05) is 20.6 Å². The van der Waals surface area contributed by atoms with Gasteiger partial charge in [-0.05, 0) is 40.0 Å². The number of nitrogens with zero attached hydrogens (tertiary/aromatic N) is 3. The average molecular weight is 257 g/mol. The maximum absolute atomic E-state index is 4.47. The Kier molecular flexibility index (Phi) is 8.36. The molecule has 0 aromatic rings. The maximum atomic E-state index is 4.47. The monoisotopic (exact) mass is 256 g/mol. The molecule has 0 aliphatic heterocycles. The molecule has 0 aromatic carbocycles. The van der Waals surface area contributed by atoms with E-state index in [-0.39, 0.29) is 22.0 Å². The Morgan fingerprint density at radius 2 is 1.80 bits per heavy atom. The van der Waals surface area contributed by atoms with Gasteiger partial charge in [0.05, 0.1) is 0 Å². The van der Waals surface area contributed by atoms with E-state index in [0.717, 1.165) is 12.4 Å². The molecular weight excluding hydrogens is 233 g/mol. The van der Waals surface area contributed by atoms with Crippen molar-refractivity contribution in [2.24, 2.45) is 4.99 Å². The zero-order valence-corrected chi connectivity index (χ0v) is 11.9. The fourth-order valence-electron chi connectivity index (χ4n) is 0.948. The van der Waals surface area contributed by atoms with E-state index in [1.165, 1.54) is 0 Å². The minimum absolute atomic E-state index is 0. The van der Waals surface area contributed by atoms with Crippen LogP contribution in [0.4, 0.5) is 0 Å². The first kappa shape index (κ1) is 17.3. The van der Waals surface area contributed by atoms with Gasteiger partial charge in [0.1, 0.15) is 0 Å². The molecule has 4 heteroatoms. The molecule has 0 amide bonds. The molecule has 1 atom stereocenters. The Bertz CT molecular complexity index is 194. The molecular formula is C11H24N3Ni-. The Labute approximate surface area is 105 Å². The summed E-state index contributed by atoms with van der Waals surface area (Å²) in [5, 5.41) is 4.44. The van der Waals surface area contributed by atoms with Crippen molar-refractivity contribution in [3.05, 3.63) is 5.32 Å². The Morgan fingerprint density at radius 1 is 1.33 bits per heavy atom. The molecule has 0 fully saturated rings. The van der Waals surface area contributed by atoms with Crippen LogP contribution in [0.15, 0.2) is 4.99 Å². The van der Waals surface area contributed by atoms with Crippen molar-refractivity contribution in [1.29, 1.82) is 0 Å². The zero-order chi connectivity index (χ0) is 11.4. The smallest absolute Gasteiger partial charge is 0.00539 e. The van der Waals surface area contributed by atoms with E-state index in [4.69, 9.17) is 0 Å². The largest absolute Gasteiger partial charge is 0.468 e. The number of hydrogen-bond donors (Lipinski definition) is 0. The van der Waals surface area contributed by atoms with E-state index in [9.17, 15) is 0 Å². The van der Waals surface area contributed by atoms with Crippen molar-refractivity contribution >= 4 is 5.84 Å².